The molecule has 1 amide bonds. The molecule has 1 aromatic carbocycles. The van der Waals surface area contributed by atoms with Gasteiger partial charge < -0.3 is 0 Å². The van der Waals surface area contributed by atoms with Crippen molar-refractivity contribution < 1.29 is 23.7 Å². The lowest BCUT2D eigenvalue weighted by molar-refractivity contribution is -0.304. The number of quaternary nitrogens is 1. The van der Waals surface area contributed by atoms with Gasteiger partial charge in [0, 0.05) is 18.0 Å². The van der Waals surface area contributed by atoms with E-state index in [1.165, 1.54) is 0 Å². The van der Waals surface area contributed by atoms with Crippen molar-refractivity contribution in [1.82, 2.24) is 9.97 Å². The number of hydrogen-bond acceptors (Lipinski definition) is 3. The van der Waals surface area contributed by atoms with E-state index < -0.39 is 11.9 Å². The Hall–Kier alpha value is -2.28. The number of halogens is 3. The number of carbonyl (C=O) groups is 1. The molecular formula is C19H21F3N3O+. The van der Waals surface area contributed by atoms with E-state index in [4.69, 9.17) is 0 Å². The standard InChI is InChI=1S/C19H20F3N3O/c20-19(21,22)16-11-15(24-18(25-16)14-3-1-2-4-14)9-12-5-7-13(8-6-12)10-17(23)26/h5-8,11,14H,1-4,9-10H2,(H2,23,26)/p+1. The first kappa shape index (κ1) is 18.5. The molecule has 3 rings (SSSR count). The minimum Gasteiger partial charge on any atom is -0.294 e. The van der Waals surface area contributed by atoms with E-state index in [0.29, 0.717) is 17.9 Å². The van der Waals surface area contributed by atoms with Crippen molar-refractivity contribution in [2.75, 3.05) is 0 Å². The van der Waals surface area contributed by atoms with E-state index >= 15 is 0 Å². The highest BCUT2D eigenvalue weighted by molar-refractivity contribution is 5.67. The molecule has 1 heterocycles. The normalized spacial score (nSPS) is 15.4. The molecule has 0 unspecified atom stereocenters. The van der Waals surface area contributed by atoms with Crippen LogP contribution < -0.4 is 5.73 Å². The van der Waals surface area contributed by atoms with E-state index in [9.17, 15) is 18.0 Å². The van der Waals surface area contributed by atoms with Crippen LogP contribution >= 0.6 is 0 Å². The number of carbonyl (C=O) groups excluding carboxylic acids is 1. The molecule has 7 heteroatoms. The highest BCUT2D eigenvalue weighted by atomic mass is 19.4. The number of amides is 1. The van der Waals surface area contributed by atoms with Crippen LogP contribution in [0.3, 0.4) is 0 Å². The summed E-state index contributed by atoms with van der Waals surface area (Å²) in [6.07, 6.45) is -0.244. The second-order valence-electron chi connectivity index (χ2n) is 6.79. The van der Waals surface area contributed by atoms with E-state index in [0.717, 1.165) is 42.9 Å². The third kappa shape index (κ3) is 4.66. The molecule has 3 N–H and O–H groups in total. The highest BCUT2D eigenvalue weighted by Crippen LogP contribution is 2.35. The number of aromatic nitrogens is 2. The second-order valence-corrected chi connectivity index (χ2v) is 6.79. The fraction of sp³-hybridized carbons (Fsp3) is 0.421. The van der Waals surface area contributed by atoms with Gasteiger partial charge in [0.25, 0.3) is 0 Å². The summed E-state index contributed by atoms with van der Waals surface area (Å²) in [4.78, 5) is 19.3. The molecule has 26 heavy (non-hydrogen) atoms. The van der Waals surface area contributed by atoms with Crippen molar-refractivity contribution in [3.8, 4) is 0 Å². The number of hydrogen-bond donors (Lipinski definition) is 1. The first-order chi connectivity index (χ1) is 12.3. The summed E-state index contributed by atoms with van der Waals surface area (Å²) in [5, 5.41) is 0. The summed E-state index contributed by atoms with van der Waals surface area (Å²) in [5.74, 6) is 0.151. The van der Waals surface area contributed by atoms with Crippen molar-refractivity contribution >= 4 is 5.91 Å². The Morgan fingerprint density at radius 2 is 1.69 bits per heavy atom. The van der Waals surface area contributed by atoms with Crippen LogP contribution in [0, 0.1) is 0 Å². The van der Waals surface area contributed by atoms with Gasteiger partial charge in [0.15, 0.2) is 0 Å². The topological polar surface area (TPSA) is 70.5 Å². The predicted octanol–water partition coefficient (Wildman–Crippen LogP) is 3.05. The Bertz CT molecular complexity index is 782. The van der Waals surface area contributed by atoms with Crippen LogP contribution in [-0.2, 0) is 23.8 Å². The van der Waals surface area contributed by atoms with Crippen molar-refractivity contribution in [3.63, 3.8) is 0 Å². The molecule has 4 nitrogen and oxygen atoms in total. The van der Waals surface area contributed by atoms with Gasteiger partial charge in [-0.05, 0) is 30.0 Å². The fourth-order valence-electron chi connectivity index (χ4n) is 3.33. The summed E-state index contributed by atoms with van der Waals surface area (Å²) in [6.45, 7) is 0. The second kappa shape index (κ2) is 7.53. The number of rotatable bonds is 5. The van der Waals surface area contributed by atoms with Crippen LogP contribution in [0.2, 0.25) is 0 Å². The molecule has 1 saturated carbocycles. The Morgan fingerprint density at radius 3 is 2.27 bits per heavy atom. The first-order valence-corrected chi connectivity index (χ1v) is 8.69. The van der Waals surface area contributed by atoms with Crippen LogP contribution in [-0.4, -0.2) is 15.9 Å². The Kier molecular flexibility index (Phi) is 5.36. The van der Waals surface area contributed by atoms with Gasteiger partial charge in [-0.15, -0.1) is 0 Å². The minimum absolute atomic E-state index is 0.0153. The largest absolute Gasteiger partial charge is 0.433 e. The van der Waals surface area contributed by atoms with Crippen molar-refractivity contribution in [2.45, 2.75) is 50.6 Å². The van der Waals surface area contributed by atoms with E-state index in [1.807, 2.05) is 12.1 Å². The van der Waals surface area contributed by atoms with Crippen LogP contribution in [0.4, 0.5) is 13.2 Å². The molecule has 0 spiro atoms. The van der Waals surface area contributed by atoms with Crippen molar-refractivity contribution in [1.29, 1.82) is 0 Å². The lowest BCUT2D eigenvalue weighted by Crippen LogP contribution is -2.57. The van der Waals surface area contributed by atoms with Gasteiger partial charge in [0.1, 0.15) is 11.5 Å². The maximum atomic E-state index is 13.2. The number of benzene rings is 1. The summed E-state index contributed by atoms with van der Waals surface area (Å²) < 4.78 is 39.7. The molecule has 138 valence electrons. The molecular weight excluding hydrogens is 343 g/mol. The molecule has 1 aliphatic carbocycles. The van der Waals surface area contributed by atoms with E-state index in [1.54, 1.807) is 12.1 Å². The summed E-state index contributed by atoms with van der Waals surface area (Å²) >= 11 is 0. The SMILES string of the molecule is [NH3+]C(=O)Cc1ccc(Cc2cc(C(F)(F)F)nc(C3CCCC3)n2)cc1. The van der Waals surface area contributed by atoms with E-state index in [-0.39, 0.29) is 18.2 Å². The smallest absolute Gasteiger partial charge is 0.294 e. The number of alkyl halides is 3. The average molecular weight is 364 g/mol. The Morgan fingerprint density at radius 1 is 1.08 bits per heavy atom. The van der Waals surface area contributed by atoms with Crippen molar-refractivity contribution in [2.24, 2.45) is 0 Å². The molecule has 1 aromatic heterocycles. The zero-order chi connectivity index (χ0) is 18.7. The first-order valence-electron chi connectivity index (χ1n) is 8.69. The lowest BCUT2D eigenvalue weighted by atomic mass is 10.0. The van der Waals surface area contributed by atoms with Gasteiger partial charge in [0.2, 0.25) is 0 Å². The third-order valence-corrected chi connectivity index (χ3v) is 4.62. The highest BCUT2D eigenvalue weighted by Gasteiger charge is 2.34. The van der Waals surface area contributed by atoms with Gasteiger partial charge in [-0.25, -0.2) is 14.8 Å². The maximum absolute atomic E-state index is 13.2. The monoisotopic (exact) mass is 364 g/mol. The molecule has 1 aliphatic rings. The summed E-state index contributed by atoms with van der Waals surface area (Å²) in [6, 6.07) is 8.24. The lowest BCUT2D eigenvalue weighted by Gasteiger charge is -2.14. The zero-order valence-corrected chi connectivity index (χ0v) is 14.4. The van der Waals surface area contributed by atoms with Crippen LogP contribution in [0.15, 0.2) is 30.3 Å². The molecule has 0 bridgehead atoms. The van der Waals surface area contributed by atoms with E-state index in [2.05, 4.69) is 15.7 Å². The minimum atomic E-state index is -4.48. The number of nitrogens with zero attached hydrogens (tertiary/aromatic N) is 2. The quantitative estimate of drug-likeness (QED) is 0.886. The van der Waals surface area contributed by atoms with Crippen LogP contribution in [0.25, 0.3) is 0 Å². The van der Waals surface area contributed by atoms with Gasteiger partial charge in [-0.2, -0.15) is 13.2 Å². The van der Waals surface area contributed by atoms with Crippen LogP contribution in [0.1, 0.15) is 59.9 Å². The summed E-state index contributed by atoms with van der Waals surface area (Å²) in [7, 11) is 0. The van der Waals surface area contributed by atoms with Gasteiger partial charge in [-0.3, -0.25) is 5.73 Å². The fourth-order valence-corrected chi connectivity index (χ4v) is 3.33. The van der Waals surface area contributed by atoms with Gasteiger partial charge in [0.05, 0.1) is 6.42 Å². The molecule has 0 atom stereocenters. The van der Waals surface area contributed by atoms with Crippen LogP contribution in [0.5, 0.6) is 0 Å². The van der Waals surface area contributed by atoms with Gasteiger partial charge >= 0.3 is 12.1 Å². The molecule has 0 radical (unpaired) electrons. The average Bonchev–Trinajstić information content (AvgIpc) is 3.10. The predicted molar refractivity (Wildman–Crippen MR) is 89.1 cm³/mol. The van der Waals surface area contributed by atoms with Crippen molar-refractivity contribution in [3.05, 3.63) is 58.7 Å². The molecule has 0 aliphatic heterocycles. The Balaban J connectivity index is 1.86. The zero-order valence-electron chi connectivity index (χ0n) is 14.4. The summed E-state index contributed by atoms with van der Waals surface area (Å²) in [5.41, 5.74) is 4.52. The third-order valence-electron chi connectivity index (χ3n) is 4.62. The van der Waals surface area contributed by atoms with Gasteiger partial charge in [-0.1, -0.05) is 37.1 Å². The maximum Gasteiger partial charge on any atom is 0.433 e. The Labute approximate surface area is 149 Å². The molecule has 1 fully saturated rings. The molecule has 2 aromatic rings. The molecule has 0 saturated heterocycles.